The summed E-state index contributed by atoms with van der Waals surface area (Å²) in [6, 6.07) is 16.6. The molecule has 94 valence electrons. The molecule has 19 heavy (non-hydrogen) atoms. The molecule has 0 aliphatic heterocycles. The summed E-state index contributed by atoms with van der Waals surface area (Å²) in [5.41, 5.74) is 3.04. The second kappa shape index (κ2) is 5.83. The van der Waals surface area contributed by atoms with Crippen LogP contribution >= 0.6 is 0 Å². The Morgan fingerprint density at radius 1 is 1.16 bits per heavy atom. The first-order valence-corrected chi connectivity index (χ1v) is 6.02. The Morgan fingerprint density at radius 3 is 2.53 bits per heavy atom. The van der Waals surface area contributed by atoms with E-state index in [1.165, 1.54) is 0 Å². The third-order valence-corrected chi connectivity index (χ3v) is 2.72. The van der Waals surface area contributed by atoms with Crippen molar-refractivity contribution >= 4 is 5.97 Å². The second-order valence-electron chi connectivity index (χ2n) is 3.99. The summed E-state index contributed by atoms with van der Waals surface area (Å²) < 4.78 is 4.97. The molecule has 2 aromatic rings. The van der Waals surface area contributed by atoms with Gasteiger partial charge < -0.3 is 4.74 Å². The van der Waals surface area contributed by atoms with E-state index in [2.05, 4.69) is 6.07 Å². The number of esters is 1. The largest absolute Gasteiger partial charge is 0.462 e. The van der Waals surface area contributed by atoms with E-state index in [0.29, 0.717) is 17.7 Å². The van der Waals surface area contributed by atoms with Crippen LogP contribution in [0.3, 0.4) is 0 Å². The molecule has 0 spiro atoms. The molecule has 0 heterocycles. The molecular formula is C16H13NO2. The van der Waals surface area contributed by atoms with Gasteiger partial charge in [0.1, 0.15) is 0 Å². The van der Waals surface area contributed by atoms with Crippen LogP contribution in [0.1, 0.15) is 22.8 Å². The molecule has 0 bridgehead atoms. The maximum absolute atomic E-state index is 11.7. The van der Waals surface area contributed by atoms with Crippen molar-refractivity contribution in [1.29, 1.82) is 5.26 Å². The van der Waals surface area contributed by atoms with Gasteiger partial charge in [0.05, 0.1) is 23.8 Å². The first-order valence-electron chi connectivity index (χ1n) is 6.02. The maximum Gasteiger partial charge on any atom is 0.338 e. The molecule has 0 saturated heterocycles. The molecule has 3 heteroatoms. The summed E-state index contributed by atoms with van der Waals surface area (Å²) in [6.45, 7) is 2.14. The third-order valence-electron chi connectivity index (χ3n) is 2.72. The summed E-state index contributed by atoms with van der Waals surface area (Å²) in [5.74, 6) is -0.321. The third kappa shape index (κ3) is 2.99. The minimum atomic E-state index is -0.321. The van der Waals surface area contributed by atoms with Crippen molar-refractivity contribution in [3.63, 3.8) is 0 Å². The van der Waals surface area contributed by atoms with Crippen molar-refractivity contribution in [2.75, 3.05) is 6.61 Å². The van der Waals surface area contributed by atoms with Gasteiger partial charge in [-0.1, -0.05) is 24.3 Å². The molecular weight excluding hydrogens is 238 g/mol. The van der Waals surface area contributed by atoms with Crippen molar-refractivity contribution < 1.29 is 9.53 Å². The highest BCUT2D eigenvalue weighted by atomic mass is 16.5. The summed E-state index contributed by atoms with van der Waals surface area (Å²) >= 11 is 0. The normalized spacial score (nSPS) is 9.68. The molecule has 0 atom stereocenters. The minimum Gasteiger partial charge on any atom is -0.462 e. The standard InChI is InChI=1S/C16H13NO2/c1-2-19-16(18)15-5-3-4-14(10-15)13-8-6-12(11-17)7-9-13/h3-10H,2H2,1H3. The molecule has 2 rings (SSSR count). The van der Waals surface area contributed by atoms with Crippen LogP contribution in [0.2, 0.25) is 0 Å². The van der Waals surface area contributed by atoms with E-state index in [1.807, 2.05) is 24.3 Å². The van der Waals surface area contributed by atoms with Gasteiger partial charge in [-0.05, 0) is 42.3 Å². The van der Waals surface area contributed by atoms with Crippen LogP contribution in [0.5, 0.6) is 0 Å². The van der Waals surface area contributed by atoms with Crippen molar-refractivity contribution in [2.45, 2.75) is 6.92 Å². The number of carbonyl (C=O) groups is 1. The molecule has 0 amide bonds. The Kier molecular flexibility index (Phi) is 3.94. The number of nitriles is 1. The quantitative estimate of drug-likeness (QED) is 0.785. The monoisotopic (exact) mass is 251 g/mol. The molecule has 0 N–H and O–H groups in total. The Labute approximate surface area is 112 Å². The van der Waals surface area contributed by atoms with Crippen LogP contribution < -0.4 is 0 Å². The summed E-state index contributed by atoms with van der Waals surface area (Å²) in [4.78, 5) is 11.7. The van der Waals surface area contributed by atoms with E-state index in [0.717, 1.165) is 11.1 Å². The van der Waals surface area contributed by atoms with Gasteiger partial charge in [-0.3, -0.25) is 0 Å². The van der Waals surface area contributed by atoms with Gasteiger partial charge in [0.15, 0.2) is 0 Å². The predicted octanol–water partition coefficient (Wildman–Crippen LogP) is 3.40. The van der Waals surface area contributed by atoms with Crippen LogP contribution in [0, 0.1) is 11.3 Å². The summed E-state index contributed by atoms with van der Waals surface area (Å²) in [7, 11) is 0. The highest BCUT2D eigenvalue weighted by Gasteiger charge is 2.07. The van der Waals surface area contributed by atoms with E-state index in [-0.39, 0.29) is 5.97 Å². The lowest BCUT2D eigenvalue weighted by Crippen LogP contribution is -2.04. The molecule has 0 aromatic heterocycles. The Hall–Kier alpha value is -2.60. The molecule has 0 aliphatic rings. The lowest BCUT2D eigenvalue weighted by molar-refractivity contribution is 0.0526. The fourth-order valence-electron chi connectivity index (χ4n) is 1.78. The van der Waals surface area contributed by atoms with Gasteiger partial charge in [-0.15, -0.1) is 0 Å². The number of benzene rings is 2. The zero-order valence-electron chi connectivity index (χ0n) is 10.6. The van der Waals surface area contributed by atoms with E-state index < -0.39 is 0 Å². The second-order valence-corrected chi connectivity index (χ2v) is 3.99. The molecule has 2 aromatic carbocycles. The van der Waals surface area contributed by atoms with Gasteiger partial charge in [0.25, 0.3) is 0 Å². The van der Waals surface area contributed by atoms with Crippen molar-refractivity contribution in [1.82, 2.24) is 0 Å². The van der Waals surface area contributed by atoms with E-state index in [1.54, 1.807) is 31.2 Å². The van der Waals surface area contributed by atoms with Gasteiger partial charge in [-0.25, -0.2) is 4.79 Å². The first kappa shape index (κ1) is 12.8. The van der Waals surface area contributed by atoms with Gasteiger partial charge in [0.2, 0.25) is 0 Å². The number of hydrogen-bond acceptors (Lipinski definition) is 3. The van der Waals surface area contributed by atoms with Crippen molar-refractivity contribution in [3.05, 3.63) is 59.7 Å². The average Bonchev–Trinajstić information content (AvgIpc) is 2.48. The zero-order chi connectivity index (χ0) is 13.7. The van der Waals surface area contributed by atoms with Gasteiger partial charge >= 0.3 is 5.97 Å². The van der Waals surface area contributed by atoms with Gasteiger partial charge in [0, 0.05) is 0 Å². The fraction of sp³-hybridized carbons (Fsp3) is 0.125. The topological polar surface area (TPSA) is 50.1 Å². The number of hydrogen-bond donors (Lipinski definition) is 0. The average molecular weight is 251 g/mol. The Balaban J connectivity index is 2.32. The SMILES string of the molecule is CCOC(=O)c1cccc(-c2ccc(C#N)cc2)c1. The Bertz CT molecular complexity index is 624. The highest BCUT2D eigenvalue weighted by molar-refractivity contribution is 5.91. The number of rotatable bonds is 3. The molecule has 0 fully saturated rings. The van der Waals surface area contributed by atoms with Crippen LogP contribution in [0.15, 0.2) is 48.5 Å². The first-order chi connectivity index (χ1) is 9.24. The van der Waals surface area contributed by atoms with Crippen LogP contribution in [0.4, 0.5) is 0 Å². The van der Waals surface area contributed by atoms with E-state index in [4.69, 9.17) is 10.00 Å². The zero-order valence-corrected chi connectivity index (χ0v) is 10.6. The number of nitrogens with zero attached hydrogens (tertiary/aromatic N) is 1. The minimum absolute atomic E-state index is 0.321. The summed E-state index contributed by atoms with van der Waals surface area (Å²) in [6.07, 6.45) is 0. The van der Waals surface area contributed by atoms with E-state index >= 15 is 0 Å². The predicted molar refractivity (Wildman–Crippen MR) is 72.5 cm³/mol. The lowest BCUT2D eigenvalue weighted by atomic mass is 10.0. The lowest BCUT2D eigenvalue weighted by Gasteiger charge is -2.05. The number of ether oxygens (including phenoxy) is 1. The van der Waals surface area contributed by atoms with E-state index in [9.17, 15) is 4.79 Å². The maximum atomic E-state index is 11.7. The molecule has 0 aliphatic carbocycles. The van der Waals surface area contributed by atoms with Crippen molar-refractivity contribution in [3.8, 4) is 17.2 Å². The molecule has 3 nitrogen and oxygen atoms in total. The van der Waals surface area contributed by atoms with Crippen LogP contribution in [-0.2, 0) is 4.74 Å². The van der Waals surface area contributed by atoms with Crippen LogP contribution in [0.25, 0.3) is 11.1 Å². The van der Waals surface area contributed by atoms with Gasteiger partial charge in [-0.2, -0.15) is 5.26 Å². The molecule has 0 unspecified atom stereocenters. The summed E-state index contributed by atoms with van der Waals surface area (Å²) in [5, 5.41) is 8.76. The number of carbonyl (C=O) groups excluding carboxylic acids is 1. The molecule has 0 radical (unpaired) electrons. The highest BCUT2D eigenvalue weighted by Crippen LogP contribution is 2.21. The Morgan fingerprint density at radius 2 is 1.89 bits per heavy atom. The van der Waals surface area contributed by atoms with Crippen LogP contribution in [-0.4, -0.2) is 12.6 Å². The molecule has 0 saturated carbocycles. The smallest absolute Gasteiger partial charge is 0.338 e. The van der Waals surface area contributed by atoms with Crippen molar-refractivity contribution in [2.24, 2.45) is 0 Å². The fourth-order valence-corrected chi connectivity index (χ4v) is 1.78.